The number of hydrogen-bond donors (Lipinski definition) is 0. The van der Waals surface area contributed by atoms with E-state index in [9.17, 15) is 0 Å². The average Bonchev–Trinajstić information content (AvgIpc) is 2.95. The van der Waals surface area contributed by atoms with Crippen LogP contribution < -0.4 is 0 Å². The summed E-state index contributed by atoms with van der Waals surface area (Å²) in [6, 6.07) is 6.01. The molecule has 0 rings (SSSR count). The van der Waals surface area contributed by atoms with E-state index in [4.69, 9.17) is 9.47 Å². The van der Waals surface area contributed by atoms with Crippen LogP contribution in [-0.4, -0.2) is 54.8 Å². The van der Waals surface area contributed by atoms with Crippen LogP contribution in [0.15, 0.2) is 0 Å². The van der Waals surface area contributed by atoms with Gasteiger partial charge in [0.1, 0.15) is 0 Å². The fraction of sp³-hybridized carbons (Fsp3) is 1.00. The van der Waals surface area contributed by atoms with Crippen LogP contribution in [0.5, 0.6) is 0 Å². The van der Waals surface area contributed by atoms with E-state index in [0.29, 0.717) is 11.5 Å². The summed E-state index contributed by atoms with van der Waals surface area (Å²) >= 11 is 0. The smallest absolute Gasteiger partial charge is 0.0716 e. The van der Waals surface area contributed by atoms with E-state index >= 15 is 0 Å². The summed E-state index contributed by atoms with van der Waals surface area (Å²) in [6.45, 7) is 9.31. The predicted molar refractivity (Wildman–Crippen MR) is 193 cm³/mol. The molecule has 236 valence electrons. The molecule has 0 radical (unpaired) electrons. The van der Waals surface area contributed by atoms with Crippen molar-refractivity contribution >= 4 is 49.0 Å². The maximum absolute atomic E-state index is 6.08. The van der Waals surface area contributed by atoms with E-state index < -0.39 is 17.6 Å². The van der Waals surface area contributed by atoms with Gasteiger partial charge in [-0.05, 0) is 35.5 Å². The first-order valence-corrected chi connectivity index (χ1v) is 25.6. The lowest BCUT2D eigenvalue weighted by Gasteiger charge is -2.25. The third-order valence-electron chi connectivity index (χ3n) is 8.40. The predicted octanol–water partition coefficient (Wildman–Crippen LogP) is 11.7. The van der Waals surface area contributed by atoms with Crippen molar-refractivity contribution in [2.45, 2.75) is 179 Å². The molecule has 0 aromatic rings. The first-order chi connectivity index (χ1) is 19.2. The molecule has 2 nitrogen and oxygen atoms in total. The first-order valence-electron chi connectivity index (χ1n) is 17.1. The lowest BCUT2D eigenvalue weighted by Crippen LogP contribution is -2.32. The Hall–Kier alpha value is 1.40. The van der Waals surface area contributed by atoms with Gasteiger partial charge in [-0.1, -0.05) is 163 Å². The highest BCUT2D eigenvalue weighted by atomic mass is 33.5. The molecule has 39 heavy (non-hydrogen) atoms. The molecule has 0 saturated carbocycles. The molecular weight excluding hydrogens is 569 g/mol. The molecule has 0 amide bonds. The van der Waals surface area contributed by atoms with Crippen LogP contribution in [0.4, 0.5) is 0 Å². The van der Waals surface area contributed by atoms with Crippen LogP contribution >= 0.6 is 31.4 Å². The van der Waals surface area contributed by atoms with E-state index in [-0.39, 0.29) is 0 Å². The van der Waals surface area contributed by atoms with Crippen molar-refractivity contribution in [3.05, 3.63) is 0 Å². The summed E-state index contributed by atoms with van der Waals surface area (Å²) in [5.74, 6) is 2.58. The molecule has 0 N–H and O–H groups in total. The third kappa shape index (κ3) is 24.5. The van der Waals surface area contributed by atoms with E-state index in [1.807, 2.05) is 24.0 Å². The minimum Gasteiger partial charge on any atom is -0.385 e. The zero-order valence-corrected chi connectivity index (χ0v) is 32.1. The van der Waals surface area contributed by atoms with Crippen molar-refractivity contribution < 1.29 is 9.47 Å². The SMILES string of the molecule is CCCCC[SiH](CCCCC)C(CCCCSSSCCCCC(OC)[SiH](CCCCC)CCCCC)OC. The number of methoxy groups -OCH3 is 2. The second-order valence-corrected chi connectivity index (χ2v) is 23.1. The lowest BCUT2D eigenvalue weighted by atomic mass is 10.2. The number of ether oxygens (including phenoxy) is 2. The Bertz CT molecular complexity index is 417. The minimum atomic E-state index is -0.770. The van der Waals surface area contributed by atoms with Gasteiger partial charge in [0.2, 0.25) is 0 Å². The van der Waals surface area contributed by atoms with Gasteiger partial charge in [-0.15, -0.1) is 0 Å². The Balaban J connectivity index is 4.03. The molecule has 2 atom stereocenters. The van der Waals surface area contributed by atoms with Gasteiger partial charge in [-0.3, -0.25) is 0 Å². The van der Waals surface area contributed by atoms with Crippen LogP contribution in [0.3, 0.4) is 0 Å². The number of unbranched alkanes of at least 4 members (excludes halogenated alkanes) is 10. The fourth-order valence-electron chi connectivity index (χ4n) is 5.87. The molecule has 0 saturated heterocycles. The maximum atomic E-state index is 6.08. The highest BCUT2D eigenvalue weighted by Gasteiger charge is 2.23. The van der Waals surface area contributed by atoms with Gasteiger partial charge < -0.3 is 9.47 Å². The lowest BCUT2D eigenvalue weighted by molar-refractivity contribution is 0.150. The van der Waals surface area contributed by atoms with Gasteiger partial charge in [-0.2, -0.15) is 0 Å². The molecule has 2 unspecified atom stereocenters. The topological polar surface area (TPSA) is 18.5 Å². The molecule has 0 fully saturated rings. The van der Waals surface area contributed by atoms with Crippen LogP contribution in [0.1, 0.15) is 143 Å². The van der Waals surface area contributed by atoms with Gasteiger partial charge >= 0.3 is 0 Å². The van der Waals surface area contributed by atoms with Gasteiger partial charge in [0.05, 0.1) is 17.6 Å². The van der Waals surface area contributed by atoms with Crippen LogP contribution in [-0.2, 0) is 9.47 Å². The van der Waals surface area contributed by atoms with Crippen molar-refractivity contribution in [2.24, 2.45) is 0 Å². The van der Waals surface area contributed by atoms with Crippen molar-refractivity contribution in [1.82, 2.24) is 0 Å². The number of hydrogen-bond acceptors (Lipinski definition) is 5. The van der Waals surface area contributed by atoms with Gasteiger partial charge in [0.25, 0.3) is 0 Å². The van der Waals surface area contributed by atoms with E-state index in [1.165, 1.54) is 151 Å². The standard InChI is InChI=1S/C32H70O2S3Si2/c1-7-11-19-27-38(28-20-12-8-2)31(33-5)23-15-17-25-35-37-36-26-18-16-24-32(34-6)39(29-21-13-9-3)30-22-14-10-4/h31-32,38-39H,7-30H2,1-6H3. The molecular formula is C32H70O2S3Si2. The Morgan fingerprint density at radius 2 is 0.795 bits per heavy atom. The molecule has 0 aliphatic heterocycles. The maximum Gasteiger partial charge on any atom is 0.0716 e. The zero-order valence-electron chi connectivity index (χ0n) is 27.3. The van der Waals surface area contributed by atoms with Crippen LogP contribution in [0.2, 0.25) is 24.2 Å². The quantitative estimate of drug-likeness (QED) is 0.0413. The molecule has 0 aromatic heterocycles. The summed E-state index contributed by atoms with van der Waals surface area (Å²) in [6.07, 6.45) is 24.8. The second kappa shape index (κ2) is 32.3. The van der Waals surface area contributed by atoms with Gasteiger partial charge in [-0.25, -0.2) is 0 Å². The average molecular weight is 639 g/mol. The summed E-state index contributed by atoms with van der Waals surface area (Å²) in [5.41, 5.74) is 1.23. The summed E-state index contributed by atoms with van der Waals surface area (Å²) in [5, 5.41) is 0. The Labute approximate surface area is 261 Å². The highest BCUT2D eigenvalue weighted by Crippen LogP contribution is 2.36. The van der Waals surface area contributed by atoms with Crippen molar-refractivity contribution in [3.8, 4) is 0 Å². The van der Waals surface area contributed by atoms with E-state index in [1.54, 1.807) is 0 Å². The molecule has 0 spiro atoms. The van der Waals surface area contributed by atoms with Crippen LogP contribution in [0.25, 0.3) is 0 Å². The third-order valence-corrected chi connectivity index (χ3v) is 20.7. The van der Waals surface area contributed by atoms with Crippen molar-refractivity contribution in [3.63, 3.8) is 0 Å². The molecule has 0 bridgehead atoms. The molecule has 0 heterocycles. The minimum absolute atomic E-state index is 0.614. The Kier molecular flexibility index (Phi) is 33.5. The molecule has 7 heteroatoms. The Morgan fingerprint density at radius 3 is 1.08 bits per heavy atom. The van der Waals surface area contributed by atoms with E-state index in [2.05, 4.69) is 49.3 Å². The van der Waals surface area contributed by atoms with Gasteiger partial charge in [0, 0.05) is 37.2 Å². The fourth-order valence-corrected chi connectivity index (χ4v) is 17.4. The van der Waals surface area contributed by atoms with E-state index in [0.717, 1.165) is 0 Å². The van der Waals surface area contributed by atoms with Crippen LogP contribution in [0, 0.1) is 0 Å². The highest BCUT2D eigenvalue weighted by molar-refractivity contribution is 9.09. The number of rotatable bonds is 32. The molecule has 0 aliphatic rings. The largest absolute Gasteiger partial charge is 0.385 e. The zero-order chi connectivity index (χ0) is 28.8. The molecule has 0 aromatic carbocycles. The summed E-state index contributed by atoms with van der Waals surface area (Å²) in [7, 11) is 8.64. The summed E-state index contributed by atoms with van der Waals surface area (Å²) < 4.78 is 12.2. The summed E-state index contributed by atoms with van der Waals surface area (Å²) in [4.78, 5) is 0. The first kappa shape index (κ1) is 40.4. The van der Waals surface area contributed by atoms with Crippen molar-refractivity contribution in [1.29, 1.82) is 0 Å². The second-order valence-electron chi connectivity index (χ2n) is 11.8. The normalized spacial score (nSPS) is 13.5. The van der Waals surface area contributed by atoms with Crippen molar-refractivity contribution in [2.75, 3.05) is 25.7 Å². The van der Waals surface area contributed by atoms with Gasteiger partial charge in [0.15, 0.2) is 0 Å². The Morgan fingerprint density at radius 1 is 0.462 bits per heavy atom. The monoisotopic (exact) mass is 638 g/mol. The molecule has 0 aliphatic carbocycles.